The lowest BCUT2D eigenvalue weighted by molar-refractivity contribution is 0.104. The number of methoxy groups -OCH3 is 2. The SMILES string of the molecule is COc1cc2c3c(n(CCCC4CNCCCN4)c(=O)c2cc1OC)-c1cc2c(cc1C3=O)OCO2.Cl.Cl. The highest BCUT2D eigenvalue weighted by Crippen LogP contribution is 2.46. The van der Waals surface area contributed by atoms with E-state index >= 15 is 0 Å². The Balaban J connectivity index is 0.00000168. The zero-order valence-corrected chi connectivity index (χ0v) is 22.9. The van der Waals surface area contributed by atoms with E-state index in [-0.39, 0.29) is 42.9 Å². The van der Waals surface area contributed by atoms with E-state index in [9.17, 15) is 9.59 Å². The van der Waals surface area contributed by atoms with Crippen LogP contribution in [0.1, 0.15) is 35.2 Å². The van der Waals surface area contributed by atoms with Crippen molar-refractivity contribution in [2.45, 2.75) is 31.8 Å². The van der Waals surface area contributed by atoms with Gasteiger partial charge in [-0.3, -0.25) is 9.59 Å². The molecule has 2 aromatic carbocycles. The molecule has 0 spiro atoms. The quantitative estimate of drug-likeness (QED) is 0.367. The summed E-state index contributed by atoms with van der Waals surface area (Å²) >= 11 is 0. The number of ketones is 1. The van der Waals surface area contributed by atoms with Crippen LogP contribution in [-0.2, 0) is 6.54 Å². The van der Waals surface area contributed by atoms with Gasteiger partial charge >= 0.3 is 0 Å². The van der Waals surface area contributed by atoms with Gasteiger partial charge in [0.2, 0.25) is 6.79 Å². The van der Waals surface area contributed by atoms with Gasteiger partial charge in [-0.05, 0) is 56.6 Å². The third-order valence-corrected chi connectivity index (χ3v) is 7.30. The molecule has 3 heterocycles. The molecule has 1 aliphatic carbocycles. The summed E-state index contributed by atoms with van der Waals surface area (Å²) in [7, 11) is 3.07. The van der Waals surface area contributed by atoms with Crippen LogP contribution in [0.25, 0.3) is 22.0 Å². The summed E-state index contributed by atoms with van der Waals surface area (Å²) in [5, 5.41) is 8.03. The summed E-state index contributed by atoms with van der Waals surface area (Å²) < 4.78 is 23.8. The van der Waals surface area contributed by atoms with Crippen LogP contribution in [0.2, 0.25) is 0 Å². The molecule has 1 unspecified atom stereocenters. The van der Waals surface area contributed by atoms with Gasteiger partial charge in [-0.2, -0.15) is 0 Å². The van der Waals surface area contributed by atoms with E-state index < -0.39 is 0 Å². The Hall–Kier alpha value is -2.98. The molecule has 1 saturated heterocycles. The van der Waals surface area contributed by atoms with Crippen LogP contribution in [0.15, 0.2) is 29.1 Å². The van der Waals surface area contributed by atoms with Gasteiger partial charge in [0, 0.05) is 35.6 Å². The summed E-state index contributed by atoms with van der Waals surface area (Å²) in [5.41, 5.74) is 2.18. The topological polar surface area (TPSA) is 100 Å². The second kappa shape index (κ2) is 11.4. The lowest BCUT2D eigenvalue weighted by atomic mass is 10.0. The van der Waals surface area contributed by atoms with E-state index in [0.717, 1.165) is 38.9 Å². The number of halogens is 2. The largest absolute Gasteiger partial charge is 0.493 e. The van der Waals surface area contributed by atoms with Crippen LogP contribution in [0.3, 0.4) is 0 Å². The Morgan fingerprint density at radius 1 is 0.947 bits per heavy atom. The monoisotopic (exact) mass is 563 g/mol. The highest BCUT2D eigenvalue weighted by Gasteiger charge is 2.35. The van der Waals surface area contributed by atoms with Crippen LogP contribution < -0.4 is 35.1 Å². The van der Waals surface area contributed by atoms with Gasteiger partial charge in [0.15, 0.2) is 28.8 Å². The molecule has 0 saturated carbocycles. The molecule has 1 fully saturated rings. The van der Waals surface area contributed by atoms with Crippen LogP contribution in [0.5, 0.6) is 23.0 Å². The lowest BCUT2D eigenvalue weighted by Crippen LogP contribution is -2.35. The smallest absolute Gasteiger partial charge is 0.259 e. The van der Waals surface area contributed by atoms with Crippen LogP contribution in [-0.4, -0.2) is 57.0 Å². The summed E-state index contributed by atoms with van der Waals surface area (Å²) in [4.78, 5) is 27.7. The maximum absolute atomic E-state index is 13.9. The molecule has 0 radical (unpaired) electrons. The van der Waals surface area contributed by atoms with Crippen molar-refractivity contribution in [1.82, 2.24) is 15.2 Å². The third kappa shape index (κ3) is 4.58. The van der Waals surface area contributed by atoms with Gasteiger partial charge in [-0.1, -0.05) is 0 Å². The number of nitrogens with one attached hydrogen (secondary N) is 2. The molecule has 2 N–H and O–H groups in total. The zero-order valence-electron chi connectivity index (χ0n) is 21.3. The van der Waals surface area contributed by atoms with E-state index in [4.69, 9.17) is 18.9 Å². The summed E-state index contributed by atoms with van der Waals surface area (Å²) in [5.74, 6) is 1.90. The van der Waals surface area contributed by atoms with E-state index in [1.54, 1.807) is 22.8 Å². The van der Waals surface area contributed by atoms with E-state index in [1.807, 2.05) is 6.07 Å². The first-order chi connectivity index (χ1) is 17.6. The number of carbonyl (C=O) groups is 1. The number of ether oxygens (including phenoxy) is 4. The number of pyridine rings is 1. The van der Waals surface area contributed by atoms with Crippen molar-refractivity contribution >= 4 is 41.4 Å². The van der Waals surface area contributed by atoms with Crippen LogP contribution in [0, 0.1) is 0 Å². The predicted molar refractivity (Wildman–Crippen MR) is 149 cm³/mol. The number of aromatic nitrogens is 1. The highest BCUT2D eigenvalue weighted by molar-refractivity contribution is 6.27. The first-order valence-electron chi connectivity index (χ1n) is 12.4. The number of benzene rings is 2. The van der Waals surface area contributed by atoms with Crippen LogP contribution in [0.4, 0.5) is 0 Å². The van der Waals surface area contributed by atoms with Gasteiger partial charge in [-0.25, -0.2) is 0 Å². The average Bonchev–Trinajstić information content (AvgIpc) is 3.35. The molecule has 2 aliphatic heterocycles. The normalized spacial score (nSPS) is 17.2. The minimum atomic E-state index is -0.157. The second-order valence-corrected chi connectivity index (χ2v) is 9.36. The Labute approximate surface area is 232 Å². The molecule has 6 rings (SSSR count). The summed E-state index contributed by atoms with van der Waals surface area (Å²) in [6.45, 7) is 3.52. The number of nitrogens with zero attached hydrogens (tertiary/aromatic N) is 1. The molecule has 9 nitrogen and oxygen atoms in total. The molecule has 1 atom stereocenters. The average molecular weight is 564 g/mol. The number of fused-ring (bicyclic) bond motifs is 6. The number of carbonyl (C=O) groups excluding carboxylic acids is 1. The Morgan fingerprint density at radius 2 is 1.63 bits per heavy atom. The predicted octanol–water partition coefficient (Wildman–Crippen LogP) is 3.53. The number of hydrogen-bond donors (Lipinski definition) is 2. The molecule has 0 bridgehead atoms. The van der Waals surface area contributed by atoms with Gasteiger partial charge in [0.1, 0.15) is 0 Å². The van der Waals surface area contributed by atoms with E-state index in [0.29, 0.717) is 68.7 Å². The Bertz CT molecular complexity index is 1430. The highest BCUT2D eigenvalue weighted by atomic mass is 35.5. The maximum Gasteiger partial charge on any atom is 0.259 e. The summed E-state index contributed by atoms with van der Waals surface area (Å²) in [6.07, 6.45) is 2.81. The first-order valence-corrected chi connectivity index (χ1v) is 12.4. The molecule has 0 amide bonds. The number of rotatable bonds is 6. The minimum absolute atomic E-state index is 0. The third-order valence-electron chi connectivity index (χ3n) is 7.30. The number of hydrogen-bond acceptors (Lipinski definition) is 8. The molecular formula is C27H31Cl2N3O6. The van der Waals surface area contributed by atoms with Gasteiger partial charge < -0.3 is 34.1 Å². The van der Waals surface area contributed by atoms with E-state index in [1.165, 1.54) is 14.2 Å². The minimum Gasteiger partial charge on any atom is -0.493 e. The molecule has 11 heteroatoms. The zero-order chi connectivity index (χ0) is 24.8. The van der Waals surface area contributed by atoms with Crippen molar-refractivity contribution in [3.05, 3.63) is 45.7 Å². The molecule has 204 valence electrons. The second-order valence-electron chi connectivity index (χ2n) is 9.36. The van der Waals surface area contributed by atoms with Crippen molar-refractivity contribution in [2.24, 2.45) is 0 Å². The molecule has 3 aromatic rings. The molecule has 3 aliphatic rings. The molecule has 38 heavy (non-hydrogen) atoms. The lowest BCUT2D eigenvalue weighted by Gasteiger charge is -2.19. The van der Waals surface area contributed by atoms with E-state index in [2.05, 4.69) is 10.6 Å². The standard InChI is InChI=1S/C27H29N3O6.2ClH/c1-33-20-9-16-19(12-21(20)34-2)27(32)30(8-3-5-15-13-28-6-4-7-29-15)25-17-10-22-23(36-14-35-22)11-18(17)26(31)24(16)25;;/h9-12,15,28-29H,3-8,13-14H2,1-2H3;2*1H. The van der Waals surface area contributed by atoms with Crippen molar-refractivity contribution < 1.29 is 23.7 Å². The fourth-order valence-electron chi connectivity index (χ4n) is 5.52. The molecule has 1 aromatic heterocycles. The van der Waals surface area contributed by atoms with Crippen molar-refractivity contribution in [3.63, 3.8) is 0 Å². The molecular weight excluding hydrogens is 533 g/mol. The summed E-state index contributed by atoms with van der Waals surface area (Å²) in [6, 6.07) is 7.30. The van der Waals surface area contributed by atoms with Crippen molar-refractivity contribution in [3.8, 4) is 34.3 Å². The van der Waals surface area contributed by atoms with Gasteiger partial charge in [0.05, 0.1) is 30.9 Å². The Morgan fingerprint density at radius 3 is 2.34 bits per heavy atom. The van der Waals surface area contributed by atoms with Crippen molar-refractivity contribution in [2.75, 3.05) is 40.6 Å². The fourth-order valence-corrected chi connectivity index (χ4v) is 5.52. The fraction of sp³-hybridized carbons (Fsp3) is 0.407. The Kier molecular flexibility index (Phi) is 8.42. The van der Waals surface area contributed by atoms with Crippen molar-refractivity contribution in [1.29, 1.82) is 0 Å². The first kappa shape index (κ1) is 28.0. The van der Waals surface area contributed by atoms with Gasteiger partial charge in [0.25, 0.3) is 5.56 Å². The van der Waals surface area contributed by atoms with Crippen LogP contribution >= 0.6 is 24.8 Å². The maximum atomic E-state index is 13.9. The van der Waals surface area contributed by atoms with Gasteiger partial charge in [-0.15, -0.1) is 24.8 Å².